The van der Waals surface area contributed by atoms with Crippen molar-refractivity contribution in [3.05, 3.63) is 75.6 Å². The van der Waals surface area contributed by atoms with E-state index >= 15 is 0 Å². The zero-order valence-corrected chi connectivity index (χ0v) is 13.8. The first-order chi connectivity index (χ1) is 11.1. The molecule has 0 saturated heterocycles. The average Bonchev–Trinajstić information content (AvgIpc) is 2.55. The monoisotopic (exact) mass is 307 g/mol. The molecule has 1 aromatic heterocycles. The van der Waals surface area contributed by atoms with Gasteiger partial charge in [-0.25, -0.2) is 4.79 Å². The van der Waals surface area contributed by atoms with Crippen molar-refractivity contribution in [2.24, 2.45) is 0 Å². The van der Waals surface area contributed by atoms with Crippen molar-refractivity contribution in [1.29, 1.82) is 0 Å². The number of rotatable bonds is 4. The lowest BCUT2D eigenvalue weighted by molar-refractivity contribution is 0.546. The fourth-order valence-electron chi connectivity index (χ4n) is 2.90. The summed E-state index contributed by atoms with van der Waals surface area (Å²) in [4.78, 5) is 14.6. The third kappa shape index (κ3) is 3.00. The Hall–Kier alpha value is -2.55. The molecule has 3 rings (SSSR count). The molecule has 0 aliphatic rings. The molecule has 0 aliphatic heterocycles. The molecule has 0 unspecified atom stereocenters. The zero-order chi connectivity index (χ0) is 16.4. The van der Waals surface area contributed by atoms with E-state index in [9.17, 15) is 4.79 Å². The highest BCUT2D eigenvalue weighted by atomic mass is 16.4. The minimum atomic E-state index is -0.241. The number of fused-ring (bicyclic) bond motifs is 1. The lowest BCUT2D eigenvalue weighted by Gasteiger charge is -2.23. The lowest BCUT2D eigenvalue weighted by atomic mass is 10.0. The molecule has 23 heavy (non-hydrogen) atoms. The summed E-state index contributed by atoms with van der Waals surface area (Å²) in [5, 5.41) is 1.01. The number of nitrogens with zero attached hydrogens (tertiary/aromatic N) is 1. The van der Waals surface area contributed by atoms with Crippen molar-refractivity contribution in [2.45, 2.75) is 27.3 Å². The molecule has 0 saturated carbocycles. The predicted molar refractivity (Wildman–Crippen MR) is 95.1 cm³/mol. The van der Waals surface area contributed by atoms with Crippen LogP contribution < -0.4 is 10.5 Å². The Morgan fingerprint density at radius 3 is 2.48 bits per heavy atom. The second-order valence-corrected chi connectivity index (χ2v) is 5.84. The van der Waals surface area contributed by atoms with Crippen molar-refractivity contribution >= 4 is 16.7 Å². The van der Waals surface area contributed by atoms with Crippen LogP contribution in [0.5, 0.6) is 0 Å². The Labute approximate surface area is 136 Å². The molecule has 0 bridgehead atoms. The van der Waals surface area contributed by atoms with Gasteiger partial charge < -0.3 is 9.32 Å². The van der Waals surface area contributed by atoms with Gasteiger partial charge in [0.25, 0.3) is 0 Å². The molecular weight excluding hydrogens is 286 g/mol. The average molecular weight is 307 g/mol. The molecule has 3 heteroatoms. The summed E-state index contributed by atoms with van der Waals surface area (Å²) in [6, 6.07) is 16.1. The Morgan fingerprint density at radius 1 is 1.04 bits per heavy atom. The fraction of sp³-hybridized carbons (Fsp3) is 0.250. The van der Waals surface area contributed by atoms with Crippen molar-refractivity contribution in [3.63, 3.8) is 0 Å². The SMILES string of the molecule is CCN(Cc1c(C)c2ccc(C)cc2oc1=O)c1ccccc1. The maximum absolute atomic E-state index is 12.5. The molecule has 1 heterocycles. The van der Waals surface area contributed by atoms with Crippen molar-refractivity contribution < 1.29 is 4.42 Å². The van der Waals surface area contributed by atoms with Gasteiger partial charge in [0, 0.05) is 17.6 Å². The summed E-state index contributed by atoms with van der Waals surface area (Å²) in [5.74, 6) is 0. The molecule has 3 aromatic rings. The van der Waals surface area contributed by atoms with Crippen LogP contribution in [0.25, 0.3) is 11.0 Å². The minimum Gasteiger partial charge on any atom is -0.422 e. The molecule has 2 aromatic carbocycles. The van der Waals surface area contributed by atoms with E-state index in [-0.39, 0.29) is 5.63 Å². The molecule has 0 atom stereocenters. The molecule has 0 N–H and O–H groups in total. The first-order valence-corrected chi connectivity index (χ1v) is 7.93. The van der Waals surface area contributed by atoms with Crippen molar-refractivity contribution in [2.75, 3.05) is 11.4 Å². The van der Waals surface area contributed by atoms with Gasteiger partial charge in [0.15, 0.2) is 0 Å². The van der Waals surface area contributed by atoms with Crippen LogP contribution in [-0.4, -0.2) is 6.54 Å². The summed E-state index contributed by atoms with van der Waals surface area (Å²) in [7, 11) is 0. The van der Waals surface area contributed by atoms with Crippen LogP contribution in [0.2, 0.25) is 0 Å². The second-order valence-electron chi connectivity index (χ2n) is 5.84. The molecule has 3 nitrogen and oxygen atoms in total. The van der Waals surface area contributed by atoms with Crippen LogP contribution in [0.3, 0.4) is 0 Å². The van der Waals surface area contributed by atoms with E-state index in [1.54, 1.807) is 0 Å². The molecule has 0 fully saturated rings. The molecule has 0 aliphatic carbocycles. The third-order valence-corrected chi connectivity index (χ3v) is 4.29. The number of para-hydroxylation sites is 1. The maximum Gasteiger partial charge on any atom is 0.341 e. The number of aryl methyl sites for hydroxylation is 2. The third-order valence-electron chi connectivity index (χ3n) is 4.29. The van der Waals surface area contributed by atoms with Gasteiger partial charge in [-0.1, -0.05) is 30.3 Å². The van der Waals surface area contributed by atoms with E-state index in [0.29, 0.717) is 12.1 Å². The number of hydrogen-bond acceptors (Lipinski definition) is 3. The highest BCUT2D eigenvalue weighted by Gasteiger charge is 2.14. The first kappa shape index (κ1) is 15.3. The molecule has 0 spiro atoms. The normalized spacial score (nSPS) is 10.9. The quantitative estimate of drug-likeness (QED) is 0.668. The van der Waals surface area contributed by atoms with Crippen LogP contribution in [0.4, 0.5) is 5.69 Å². The van der Waals surface area contributed by atoms with E-state index < -0.39 is 0 Å². The van der Waals surface area contributed by atoms with E-state index in [2.05, 4.69) is 24.0 Å². The fourth-order valence-corrected chi connectivity index (χ4v) is 2.90. The van der Waals surface area contributed by atoms with Gasteiger partial charge in [0.05, 0.1) is 12.1 Å². The standard InChI is InChI=1S/C20H21NO2/c1-4-21(16-8-6-5-7-9-16)13-18-15(3)17-11-10-14(2)12-19(17)23-20(18)22/h5-12H,4,13H2,1-3H3. The van der Waals surface area contributed by atoms with Crippen LogP contribution in [0.15, 0.2) is 57.7 Å². The minimum absolute atomic E-state index is 0.241. The number of benzene rings is 2. The van der Waals surface area contributed by atoms with Gasteiger partial charge in [0.2, 0.25) is 0 Å². The first-order valence-electron chi connectivity index (χ1n) is 7.93. The summed E-state index contributed by atoms with van der Waals surface area (Å²) in [6.45, 7) is 7.47. The summed E-state index contributed by atoms with van der Waals surface area (Å²) >= 11 is 0. The van der Waals surface area contributed by atoms with Gasteiger partial charge in [-0.2, -0.15) is 0 Å². The summed E-state index contributed by atoms with van der Waals surface area (Å²) in [5.41, 5.74) is 4.36. The van der Waals surface area contributed by atoms with Crippen LogP contribution in [0.1, 0.15) is 23.6 Å². The van der Waals surface area contributed by atoms with E-state index in [0.717, 1.165) is 34.3 Å². The van der Waals surface area contributed by atoms with Crippen molar-refractivity contribution in [1.82, 2.24) is 0 Å². The second kappa shape index (κ2) is 6.29. The lowest BCUT2D eigenvalue weighted by Crippen LogP contribution is -2.26. The topological polar surface area (TPSA) is 33.5 Å². The van der Waals surface area contributed by atoms with Crippen LogP contribution in [0, 0.1) is 13.8 Å². The Kier molecular flexibility index (Phi) is 4.20. The molecule has 0 radical (unpaired) electrons. The summed E-state index contributed by atoms with van der Waals surface area (Å²) in [6.07, 6.45) is 0. The van der Waals surface area contributed by atoms with E-state index in [1.165, 1.54) is 0 Å². The van der Waals surface area contributed by atoms with E-state index in [1.807, 2.05) is 50.2 Å². The number of hydrogen-bond donors (Lipinski definition) is 0. The molecular formula is C20H21NO2. The van der Waals surface area contributed by atoms with Gasteiger partial charge >= 0.3 is 5.63 Å². The maximum atomic E-state index is 12.5. The highest BCUT2D eigenvalue weighted by molar-refractivity contribution is 5.81. The van der Waals surface area contributed by atoms with E-state index in [4.69, 9.17) is 4.42 Å². The van der Waals surface area contributed by atoms with Crippen LogP contribution >= 0.6 is 0 Å². The zero-order valence-electron chi connectivity index (χ0n) is 13.8. The smallest absolute Gasteiger partial charge is 0.341 e. The summed E-state index contributed by atoms with van der Waals surface area (Å²) < 4.78 is 5.55. The van der Waals surface area contributed by atoms with Gasteiger partial charge in [-0.3, -0.25) is 0 Å². The number of anilines is 1. The Morgan fingerprint density at radius 2 is 1.78 bits per heavy atom. The highest BCUT2D eigenvalue weighted by Crippen LogP contribution is 2.23. The van der Waals surface area contributed by atoms with Gasteiger partial charge in [-0.05, 0) is 50.1 Å². The Bertz CT molecular complexity index is 881. The largest absolute Gasteiger partial charge is 0.422 e. The van der Waals surface area contributed by atoms with Crippen LogP contribution in [-0.2, 0) is 6.54 Å². The van der Waals surface area contributed by atoms with Gasteiger partial charge in [-0.15, -0.1) is 0 Å². The molecule has 118 valence electrons. The Balaban J connectivity index is 2.06. The predicted octanol–water partition coefficient (Wildman–Crippen LogP) is 4.44. The molecule has 0 amide bonds. The van der Waals surface area contributed by atoms with Gasteiger partial charge in [0.1, 0.15) is 5.58 Å². The van der Waals surface area contributed by atoms with Crippen molar-refractivity contribution in [3.8, 4) is 0 Å².